The Morgan fingerprint density at radius 3 is 2.90 bits per heavy atom. The van der Waals surface area contributed by atoms with Gasteiger partial charge in [-0.2, -0.15) is 0 Å². The smallest absolute Gasteiger partial charge is 0.233 e. The molecule has 20 heavy (non-hydrogen) atoms. The highest BCUT2D eigenvalue weighted by Gasteiger charge is 2.12. The molecule has 6 heteroatoms. The molecule has 0 amide bonds. The molecule has 1 saturated heterocycles. The third-order valence-electron chi connectivity index (χ3n) is 3.64. The second-order valence-corrected chi connectivity index (χ2v) is 5.15. The van der Waals surface area contributed by atoms with E-state index < -0.39 is 0 Å². The van der Waals surface area contributed by atoms with Crippen molar-refractivity contribution in [2.75, 3.05) is 39.3 Å². The number of hydrogen-bond donors (Lipinski definition) is 1. The fraction of sp³-hybridized carbons (Fsp3) is 0.643. The van der Waals surface area contributed by atoms with Gasteiger partial charge in [0.05, 0.1) is 18.9 Å². The van der Waals surface area contributed by atoms with Crippen LogP contribution in [0.25, 0.3) is 0 Å². The van der Waals surface area contributed by atoms with Crippen molar-refractivity contribution in [3.63, 3.8) is 0 Å². The second-order valence-electron chi connectivity index (χ2n) is 5.15. The monoisotopic (exact) mass is 275 g/mol. The molecule has 108 valence electrons. The average Bonchev–Trinajstić information content (AvgIpc) is 3.03. The number of amidine groups is 1. The van der Waals surface area contributed by atoms with Gasteiger partial charge in [-0.25, -0.2) is 4.98 Å². The van der Waals surface area contributed by atoms with E-state index in [4.69, 9.17) is 4.74 Å². The summed E-state index contributed by atoms with van der Waals surface area (Å²) in [5, 5.41) is 3.19. The van der Waals surface area contributed by atoms with Gasteiger partial charge in [0.15, 0.2) is 0 Å². The standard InChI is InChI=1S/C14H21N5O/c1-2-6-19(7-3-1)8-9-20-13-11-15-10-12(18-13)14-16-4-5-17-14/h10-11H,1-9H2,(H,16,17). The largest absolute Gasteiger partial charge is 0.475 e. The number of likely N-dealkylation sites (tertiary alicyclic amines) is 1. The van der Waals surface area contributed by atoms with Crippen molar-refractivity contribution in [3.8, 4) is 5.88 Å². The molecule has 1 aromatic rings. The van der Waals surface area contributed by atoms with Crippen molar-refractivity contribution in [1.29, 1.82) is 0 Å². The quantitative estimate of drug-likeness (QED) is 0.856. The summed E-state index contributed by atoms with van der Waals surface area (Å²) < 4.78 is 5.71. The van der Waals surface area contributed by atoms with Crippen molar-refractivity contribution in [2.45, 2.75) is 19.3 Å². The third kappa shape index (κ3) is 3.45. The van der Waals surface area contributed by atoms with E-state index in [-0.39, 0.29) is 0 Å². The molecule has 1 N–H and O–H groups in total. The molecule has 0 bridgehead atoms. The first-order valence-electron chi connectivity index (χ1n) is 7.38. The van der Waals surface area contributed by atoms with Crippen LogP contribution in [-0.2, 0) is 0 Å². The van der Waals surface area contributed by atoms with Gasteiger partial charge in [-0.05, 0) is 25.9 Å². The molecule has 0 aliphatic carbocycles. The summed E-state index contributed by atoms with van der Waals surface area (Å²) in [7, 11) is 0. The Kier molecular flexibility index (Phi) is 4.42. The van der Waals surface area contributed by atoms with E-state index in [1.54, 1.807) is 12.4 Å². The first-order valence-corrected chi connectivity index (χ1v) is 7.38. The summed E-state index contributed by atoms with van der Waals surface area (Å²) in [6.07, 6.45) is 7.35. The predicted molar refractivity (Wildman–Crippen MR) is 77.2 cm³/mol. The van der Waals surface area contributed by atoms with E-state index in [9.17, 15) is 0 Å². The van der Waals surface area contributed by atoms with Gasteiger partial charge in [0.2, 0.25) is 5.88 Å². The van der Waals surface area contributed by atoms with Gasteiger partial charge in [0, 0.05) is 13.1 Å². The van der Waals surface area contributed by atoms with Crippen LogP contribution < -0.4 is 10.1 Å². The minimum absolute atomic E-state index is 0.580. The van der Waals surface area contributed by atoms with E-state index in [2.05, 4.69) is 25.2 Å². The van der Waals surface area contributed by atoms with Crippen LogP contribution in [-0.4, -0.2) is 60.0 Å². The number of ether oxygens (including phenoxy) is 1. The van der Waals surface area contributed by atoms with Crippen molar-refractivity contribution in [3.05, 3.63) is 18.1 Å². The summed E-state index contributed by atoms with van der Waals surface area (Å²) in [6, 6.07) is 0. The fourth-order valence-corrected chi connectivity index (χ4v) is 2.56. The summed E-state index contributed by atoms with van der Waals surface area (Å²) >= 11 is 0. The lowest BCUT2D eigenvalue weighted by atomic mass is 10.1. The van der Waals surface area contributed by atoms with Gasteiger partial charge in [-0.1, -0.05) is 6.42 Å². The Labute approximate surface area is 119 Å². The minimum Gasteiger partial charge on any atom is -0.475 e. The predicted octanol–water partition coefficient (Wildman–Crippen LogP) is 0.691. The van der Waals surface area contributed by atoms with Crippen LogP contribution in [0, 0.1) is 0 Å². The van der Waals surface area contributed by atoms with Crippen LogP contribution in [0.5, 0.6) is 5.88 Å². The Hall–Kier alpha value is -1.69. The Morgan fingerprint density at radius 1 is 1.20 bits per heavy atom. The van der Waals surface area contributed by atoms with Crippen LogP contribution in [0.2, 0.25) is 0 Å². The Bertz CT molecular complexity index is 470. The van der Waals surface area contributed by atoms with Crippen LogP contribution in [0.1, 0.15) is 25.0 Å². The lowest BCUT2D eigenvalue weighted by Gasteiger charge is -2.25. The van der Waals surface area contributed by atoms with Gasteiger partial charge in [0.25, 0.3) is 0 Å². The highest BCUT2D eigenvalue weighted by Crippen LogP contribution is 2.09. The Balaban J connectivity index is 1.50. The molecule has 0 atom stereocenters. The summed E-state index contributed by atoms with van der Waals surface area (Å²) in [4.78, 5) is 15.4. The summed E-state index contributed by atoms with van der Waals surface area (Å²) in [5.41, 5.74) is 0.762. The molecule has 2 aliphatic rings. The number of nitrogens with one attached hydrogen (secondary N) is 1. The molecule has 0 aromatic carbocycles. The molecule has 0 unspecified atom stereocenters. The molecule has 3 rings (SSSR count). The molecular formula is C14H21N5O. The van der Waals surface area contributed by atoms with Crippen LogP contribution in [0.15, 0.2) is 17.4 Å². The molecular weight excluding hydrogens is 254 g/mol. The average molecular weight is 275 g/mol. The van der Waals surface area contributed by atoms with E-state index in [1.807, 2.05) is 0 Å². The summed E-state index contributed by atoms with van der Waals surface area (Å²) in [6.45, 7) is 5.68. The molecule has 0 saturated carbocycles. The maximum Gasteiger partial charge on any atom is 0.233 e. The zero-order valence-electron chi connectivity index (χ0n) is 11.7. The maximum absolute atomic E-state index is 5.71. The highest BCUT2D eigenvalue weighted by atomic mass is 16.5. The first-order chi connectivity index (χ1) is 9.92. The van der Waals surface area contributed by atoms with Crippen LogP contribution >= 0.6 is 0 Å². The molecule has 0 spiro atoms. The van der Waals surface area contributed by atoms with Gasteiger partial charge in [0.1, 0.15) is 18.1 Å². The van der Waals surface area contributed by atoms with E-state index >= 15 is 0 Å². The number of hydrogen-bond acceptors (Lipinski definition) is 6. The van der Waals surface area contributed by atoms with E-state index in [0.29, 0.717) is 12.5 Å². The van der Waals surface area contributed by atoms with Crippen molar-refractivity contribution >= 4 is 5.84 Å². The summed E-state index contributed by atoms with van der Waals surface area (Å²) in [5.74, 6) is 1.40. The van der Waals surface area contributed by atoms with Crippen molar-refractivity contribution < 1.29 is 4.74 Å². The van der Waals surface area contributed by atoms with E-state index in [0.717, 1.165) is 31.2 Å². The molecule has 1 fully saturated rings. The first kappa shape index (κ1) is 13.3. The normalized spacial score (nSPS) is 19.5. The van der Waals surface area contributed by atoms with Crippen molar-refractivity contribution in [2.24, 2.45) is 4.99 Å². The zero-order valence-corrected chi connectivity index (χ0v) is 11.7. The number of rotatable bonds is 5. The molecule has 6 nitrogen and oxygen atoms in total. The van der Waals surface area contributed by atoms with Gasteiger partial charge >= 0.3 is 0 Å². The molecule has 2 aliphatic heterocycles. The Morgan fingerprint density at radius 2 is 2.10 bits per heavy atom. The van der Waals surface area contributed by atoms with Crippen LogP contribution in [0.3, 0.4) is 0 Å². The minimum atomic E-state index is 0.580. The third-order valence-corrected chi connectivity index (χ3v) is 3.64. The SMILES string of the molecule is c1ncc(C2=NCCN2)nc1OCCN1CCCCC1. The maximum atomic E-state index is 5.71. The molecule has 3 heterocycles. The second kappa shape index (κ2) is 6.65. The lowest BCUT2D eigenvalue weighted by Crippen LogP contribution is -2.33. The molecule has 0 radical (unpaired) electrons. The topological polar surface area (TPSA) is 62.6 Å². The molecule has 1 aromatic heterocycles. The fourth-order valence-electron chi connectivity index (χ4n) is 2.56. The van der Waals surface area contributed by atoms with E-state index in [1.165, 1.54) is 32.4 Å². The van der Waals surface area contributed by atoms with Crippen molar-refractivity contribution in [1.82, 2.24) is 20.2 Å². The number of aliphatic imine (C=N–C) groups is 1. The van der Waals surface area contributed by atoms with Gasteiger partial charge in [-0.3, -0.25) is 14.9 Å². The highest BCUT2D eigenvalue weighted by molar-refractivity contribution is 5.97. The lowest BCUT2D eigenvalue weighted by molar-refractivity contribution is 0.180. The zero-order chi connectivity index (χ0) is 13.6. The number of aromatic nitrogens is 2. The van der Waals surface area contributed by atoms with Gasteiger partial charge in [-0.15, -0.1) is 0 Å². The number of piperidine rings is 1. The van der Waals surface area contributed by atoms with Gasteiger partial charge < -0.3 is 10.1 Å². The number of nitrogens with zero attached hydrogens (tertiary/aromatic N) is 4. The van der Waals surface area contributed by atoms with Crippen LogP contribution in [0.4, 0.5) is 0 Å².